The fraction of sp³-hybridized carbons (Fsp3) is 0.375. The van der Waals surface area contributed by atoms with E-state index in [0.29, 0.717) is 5.56 Å². The first kappa shape index (κ1) is 19.8. The molecule has 2 N–H and O–H groups in total. The Labute approximate surface area is 153 Å². The summed E-state index contributed by atoms with van der Waals surface area (Å²) in [6, 6.07) is 7.16. The van der Waals surface area contributed by atoms with Gasteiger partial charge in [0.25, 0.3) is 0 Å². The smallest absolute Gasteiger partial charge is 0.508 e. The molecule has 0 spiro atoms. The molecule has 0 unspecified atom stereocenters. The van der Waals surface area contributed by atoms with Gasteiger partial charge in [-0.2, -0.15) is 0 Å². The fourth-order valence-corrected chi connectivity index (χ4v) is 3.74. The number of hydrogen-bond acceptors (Lipinski definition) is 5. The van der Waals surface area contributed by atoms with Crippen LogP contribution in [0.3, 0.4) is 0 Å². The van der Waals surface area contributed by atoms with Gasteiger partial charge in [-0.25, -0.2) is 0 Å². The van der Waals surface area contributed by atoms with Crippen molar-refractivity contribution in [3.05, 3.63) is 46.2 Å². The second-order valence-corrected chi connectivity index (χ2v) is 6.45. The molecule has 1 aromatic carbocycles. The number of phenolic OH excluding ortho intramolecular Hbond substituents is 1. The molecule has 1 aliphatic heterocycles. The topological polar surface area (TPSA) is 44.7 Å². The van der Waals surface area contributed by atoms with Gasteiger partial charge >= 0.3 is 6.36 Å². The highest BCUT2D eigenvalue weighted by Gasteiger charge is 2.32. The predicted molar refractivity (Wildman–Crippen MR) is 92.6 cm³/mol. The SMILES string of the molecule is Cl.Oc1ccc(OC(F)(F)F)cc1[C@@H](c1cccs1)N1CCNCC1. The summed E-state index contributed by atoms with van der Waals surface area (Å²) in [7, 11) is 0. The molecule has 9 heteroatoms. The van der Waals surface area contributed by atoms with E-state index in [0.717, 1.165) is 37.1 Å². The molecule has 1 saturated heterocycles. The van der Waals surface area contributed by atoms with Crippen molar-refractivity contribution >= 4 is 23.7 Å². The number of benzene rings is 1. The predicted octanol–water partition coefficient (Wildman–Crippen LogP) is 3.77. The van der Waals surface area contributed by atoms with Gasteiger partial charge in [-0.05, 0) is 29.6 Å². The third-order valence-corrected chi connectivity index (χ3v) is 4.78. The standard InChI is InChI=1S/C16H17F3N2O2S.ClH/c17-16(18,19)23-11-3-4-13(22)12(10-11)15(14-2-1-9-24-14)21-7-5-20-6-8-21;/h1-4,9-10,15,20,22H,5-8H2;1H/t15-;/m0./s1. The summed E-state index contributed by atoms with van der Waals surface area (Å²) in [6.07, 6.45) is -4.76. The minimum atomic E-state index is -4.76. The van der Waals surface area contributed by atoms with Crippen LogP contribution in [0.2, 0.25) is 0 Å². The van der Waals surface area contributed by atoms with E-state index >= 15 is 0 Å². The van der Waals surface area contributed by atoms with Crippen LogP contribution in [0.15, 0.2) is 35.7 Å². The molecule has 1 atom stereocenters. The van der Waals surface area contributed by atoms with Crippen LogP contribution in [0, 0.1) is 0 Å². The van der Waals surface area contributed by atoms with E-state index in [4.69, 9.17) is 0 Å². The van der Waals surface area contributed by atoms with Crippen molar-refractivity contribution in [3.8, 4) is 11.5 Å². The second kappa shape index (κ2) is 8.27. The largest absolute Gasteiger partial charge is 0.573 e. The number of thiophene rings is 1. The van der Waals surface area contributed by atoms with Gasteiger partial charge in [0.1, 0.15) is 11.5 Å². The van der Waals surface area contributed by atoms with Crippen molar-refractivity contribution in [1.29, 1.82) is 0 Å². The van der Waals surface area contributed by atoms with E-state index in [-0.39, 0.29) is 29.9 Å². The number of piperazine rings is 1. The third kappa shape index (κ3) is 5.01. The Morgan fingerprint density at radius 3 is 2.52 bits per heavy atom. The number of hydrogen-bond donors (Lipinski definition) is 2. The van der Waals surface area contributed by atoms with E-state index in [9.17, 15) is 18.3 Å². The van der Waals surface area contributed by atoms with Gasteiger partial charge in [0.15, 0.2) is 0 Å². The molecule has 0 aliphatic carbocycles. The molecule has 138 valence electrons. The zero-order chi connectivity index (χ0) is 17.2. The minimum absolute atomic E-state index is 0. The number of phenols is 1. The number of ether oxygens (including phenoxy) is 1. The molecule has 0 radical (unpaired) electrons. The monoisotopic (exact) mass is 394 g/mol. The highest BCUT2D eigenvalue weighted by Crippen LogP contribution is 2.39. The van der Waals surface area contributed by atoms with Crippen LogP contribution >= 0.6 is 23.7 Å². The maximum absolute atomic E-state index is 12.5. The van der Waals surface area contributed by atoms with E-state index < -0.39 is 6.36 Å². The van der Waals surface area contributed by atoms with Crippen molar-refractivity contribution in [2.24, 2.45) is 0 Å². The first-order valence-corrected chi connectivity index (χ1v) is 8.39. The van der Waals surface area contributed by atoms with Gasteiger partial charge in [-0.15, -0.1) is 36.9 Å². The molecule has 2 heterocycles. The first-order valence-electron chi connectivity index (χ1n) is 7.51. The van der Waals surface area contributed by atoms with Gasteiger partial charge < -0.3 is 15.2 Å². The van der Waals surface area contributed by atoms with Crippen LogP contribution in [0.5, 0.6) is 11.5 Å². The lowest BCUT2D eigenvalue weighted by atomic mass is 10.0. The molecule has 1 fully saturated rings. The summed E-state index contributed by atoms with van der Waals surface area (Å²) in [5.41, 5.74) is 0.418. The Bertz CT molecular complexity index is 677. The lowest BCUT2D eigenvalue weighted by molar-refractivity contribution is -0.274. The third-order valence-electron chi connectivity index (χ3n) is 3.86. The van der Waals surface area contributed by atoms with Crippen molar-refractivity contribution in [2.45, 2.75) is 12.4 Å². The number of nitrogens with zero attached hydrogens (tertiary/aromatic N) is 1. The van der Waals surface area contributed by atoms with Gasteiger partial charge in [0.2, 0.25) is 0 Å². The van der Waals surface area contributed by atoms with E-state index in [1.807, 2.05) is 17.5 Å². The van der Waals surface area contributed by atoms with Gasteiger partial charge in [-0.3, -0.25) is 4.90 Å². The highest BCUT2D eigenvalue weighted by molar-refractivity contribution is 7.10. The van der Waals surface area contributed by atoms with Crippen LogP contribution in [-0.2, 0) is 0 Å². The zero-order valence-corrected chi connectivity index (χ0v) is 14.8. The summed E-state index contributed by atoms with van der Waals surface area (Å²) in [6.45, 7) is 3.07. The minimum Gasteiger partial charge on any atom is -0.508 e. The van der Waals surface area contributed by atoms with Crippen molar-refractivity contribution < 1.29 is 23.0 Å². The van der Waals surface area contributed by atoms with Crippen molar-refractivity contribution in [3.63, 3.8) is 0 Å². The molecule has 0 saturated carbocycles. The number of nitrogens with one attached hydrogen (secondary N) is 1. The molecule has 0 bridgehead atoms. The van der Waals surface area contributed by atoms with Crippen molar-refractivity contribution in [2.75, 3.05) is 26.2 Å². The second-order valence-electron chi connectivity index (χ2n) is 5.47. The molecule has 2 aromatic rings. The average molecular weight is 395 g/mol. The lowest BCUT2D eigenvalue weighted by Crippen LogP contribution is -2.45. The van der Waals surface area contributed by atoms with E-state index in [2.05, 4.69) is 15.0 Å². The summed E-state index contributed by atoms with van der Waals surface area (Å²) < 4.78 is 41.5. The van der Waals surface area contributed by atoms with Crippen LogP contribution in [-0.4, -0.2) is 42.5 Å². The van der Waals surface area contributed by atoms with Gasteiger partial charge in [0, 0.05) is 36.6 Å². The number of alkyl halides is 3. The first-order chi connectivity index (χ1) is 11.4. The molecule has 0 amide bonds. The van der Waals surface area contributed by atoms with Crippen LogP contribution in [0.4, 0.5) is 13.2 Å². The van der Waals surface area contributed by atoms with Crippen LogP contribution < -0.4 is 10.1 Å². The van der Waals surface area contributed by atoms with Crippen LogP contribution in [0.1, 0.15) is 16.5 Å². The zero-order valence-electron chi connectivity index (χ0n) is 13.1. The Hall–Kier alpha value is -1.48. The summed E-state index contributed by atoms with van der Waals surface area (Å²) in [4.78, 5) is 3.12. The lowest BCUT2D eigenvalue weighted by Gasteiger charge is -2.35. The van der Waals surface area contributed by atoms with Crippen LogP contribution in [0.25, 0.3) is 0 Å². The maximum Gasteiger partial charge on any atom is 0.573 e. The van der Waals surface area contributed by atoms with Gasteiger partial charge in [0.05, 0.1) is 6.04 Å². The molecule has 3 rings (SSSR count). The molecule has 25 heavy (non-hydrogen) atoms. The molecular weight excluding hydrogens is 377 g/mol. The van der Waals surface area contributed by atoms with Gasteiger partial charge in [-0.1, -0.05) is 6.07 Å². The summed E-state index contributed by atoms with van der Waals surface area (Å²) >= 11 is 1.51. The fourth-order valence-electron chi connectivity index (χ4n) is 2.87. The molecule has 4 nitrogen and oxygen atoms in total. The normalized spacial score (nSPS) is 16.9. The van der Waals surface area contributed by atoms with Crippen molar-refractivity contribution in [1.82, 2.24) is 10.2 Å². The Morgan fingerprint density at radius 2 is 1.92 bits per heavy atom. The number of halogens is 4. The Morgan fingerprint density at radius 1 is 1.20 bits per heavy atom. The molecule has 1 aromatic heterocycles. The Kier molecular flexibility index (Phi) is 6.56. The number of rotatable bonds is 4. The molecular formula is C16H18ClF3N2O2S. The Balaban J connectivity index is 0.00000225. The van der Waals surface area contributed by atoms with E-state index in [1.165, 1.54) is 23.5 Å². The summed E-state index contributed by atoms with van der Waals surface area (Å²) in [5.74, 6) is -0.367. The highest BCUT2D eigenvalue weighted by atomic mass is 35.5. The summed E-state index contributed by atoms with van der Waals surface area (Å²) in [5, 5.41) is 15.4. The average Bonchev–Trinajstić information content (AvgIpc) is 3.04. The maximum atomic E-state index is 12.5. The quantitative estimate of drug-likeness (QED) is 0.828. The molecule has 1 aliphatic rings. The van der Waals surface area contributed by atoms with E-state index in [1.54, 1.807) is 0 Å². The number of aromatic hydroxyl groups is 1.